The molecule has 0 aliphatic heterocycles. The summed E-state index contributed by atoms with van der Waals surface area (Å²) in [5.74, 6) is -0.137. The lowest BCUT2D eigenvalue weighted by molar-refractivity contribution is -0.140. The van der Waals surface area contributed by atoms with Gasteiger partial charge in [-0.2, -0.15) is 0 Å². The second-order valence-corrected chi connectivity index (χ2v) is 12.3. The Morgan fingerprint density at radius 3 is 2.02 bits per heavy atom. The zero-order valence-corrected chi connectivity index (χ0v) is 26.7. The molecule has 2 amide bonds. The Morgan fingerprint density at radius 2 is 1.47 bits per heavy atom. The van der Waals surface area contributed by atoms with Gasteiger partial charge in [0.1, 0.15) is 12.6 Å². The maximum absolute atomic E-state index is 14.2. The summed E-state index contributed by atoms with van der Waals surface area (Å²) in [6.07, 6.45) is 2.10. The fourth-order valence-corrected chi connectivity index (χ4v) is 6.09. The number of anilines is 1. The maximum Gasteiger partial charge on any atom is 0.264 e. The highest BCUT2D eigenvalue weighted by molar-refractivity contribution is 7.92. The first-order valence-corrected chi connectivity index (χ1v) is 15.9. The van der Waals surface area contributed by atoms with Crippen LogP contribution in [-0.4, -0.2) is 58.5 Å². The summed E-state index contributed by atoms with van der Waals surface area (Å²) in [6.45, 7) is 7.89. The minimum Gasteiger partial charge on any atom is -0.493 e. The Kier molecular flexibility index (Phi) is 12.0. The van der Waals surface area contributed by atoms with Crippen molar-refractivity contribution in [3.8, 4) is 11.5 Å². The number of unbranched alkanes of at least 4 members (excludes halogenated alkanes) is 1. The van der Waals surface area contributed by atoms with Gasteiger partial charge in [0.2, 0.25) is 11.8 Å². The quantitative estimate of drug-likeness (QED) is 0.236. The number of carbonyl (C=O) groups excluding carboxylic acids is 2. The minimum atomic E-state index is -4.25. The molecule has 0 heterocycles. The van der Waals surface area contributed by atoms with E-state index in [0.29, 0.717) is 24.4 Å². The lowest BCUT2D eigenvalue weighted by atomic mass is 10.1. The van der Waals surface area contributed by atoms with Gasteiger partial charge in [-0.05, 0) is 56.5 Å². The summed E-state index contributed by atoms with van der Waals surface area (Å²) in [5, 5.41) is 2.95. The van der Waals surface area contributed by atoms with Gasteiger partial charge in [-0.1, -0.05) is 67.8 Å². The second kappa shape index (κ2) is 15.4. The third-order valence-electron chi connectivity index (χ3n) is 7.23. The molecular formula is C33H43N3O6S. The van der Waals surface area contributed by atoms with Gasteiger partial charge in [0, 0.05) is 19.2 Å². The number of sulfonamides is 1. The number of hydrogen-bond acceptors (Lipinski definition) is 6. The number of aryl methyl sites for hydroxylation is 2. The number of hydrogen-bond donors (Lipinski definition) is 1. The van der Waals surface area contributed by atoms with E-state index in [9.17, 15) is 18.0 Å². The first-order valence-electron chi connectivity index (χ1n) is 14.5. The Morgan fingerprint density at radius 1 is 0.860 bits per heavy atom. The molecule has 0 aliphatic carbocycles. The molecule has 0 aliphatic rings. The van der Waals surface area contributed by atoms with E-state index in [2.05, 4.69) is 5.32 Å². The Bertz CT molecular complexity index is 1470. The number of nitrogens with one attached hydrogen (secondary N) is 1. The summed E-state index contributed by atoms with van der Waals surface area (Å²) in [5.41, 5.74) is 3.17. The fourth-order valence-electron chi connectivity index (χ4n) is 4.66. The van der Waals surface area contributed by atoms with Gasteiger partial charge in [0.15, 0.2) is 11.5 Å². The topological polar surface area (TPSA) is 105 Å². The number of nitrogens with zero attached hydrogens (tertiary/aromatic N) is 2. The van der Waals surface area contributed by atoms with Crippen LogP contribution >= 0.6 is 0 Å². The number of carbonyl (C=O) groups is 2. The summed E-state index contributed by atoms with van der Waals surface area (Å²) in [6, 6.07) is 18.1. The van der Waals surface area contributed by atoms with Crippen LogP contribution in [0, 0.1) is 13.8 Å². The zero-order valence-electron chi connectivity index (χ0n) is 25.9. The fraction of sp³-hybridized carbons (Fsp3) is 0.394. The van der Waals surface area contributed by atoms with Gasteiger partial charge in [0.05, 0.1) is 24.8 Å². The normalized spacial score (nSPS) is 11.9. The van der Waals surface area contributed by atoms with Crippen molar-refractivity contribution in [1.29, 1.82) is 0 Å². The molecule has 0 bridgehead atoms. The molecule has 1 N–H and O–H groups in total. The van der Waals surface area contributed by atoms with Crippen LogP contribution in [-0.2, 0) is 26.2 Å². The Hall–Kier alpha value is -4.05. The van der Waals surface area contributed by atoms with Gasteiger partial charge in [-0.3, -0.25) is 13.9 Å². The third-order valence-corrected chi connectivity index (χ3v) is 9.00. The summed E-state index contributed by atoms with van der Waals surface area (Å²) >= 11 is 0. The monoisotopic (exact) mass is 609 g/mol. The SMILES string of the molecule is CCCCNC(=O)[C@@H](CC)N(Cc1ccc(C)cc1)C(=O)CN(c1ccc(C)cc1)S(=O)(=O)c1ccc(OC)c(OC)c1. The molecule has 10 heteroatoms. The van der Waals surface area contributed by atoms with Crippen LogP contribution < -0.4 is 19.1 Å². The van der Waals surface area contributed by atoms with E-state index in [4.69, 9.17) is 9.47 Å². The molecule has 3 aromatic rings. The standard InChI is InChI=1S/C33H43N3O6S/c1-7-9-20-34-33(38)29(8-2)35(22-26-14-10-24(3)11-15-26)32(37)23-36(27-16-12-25(4)13-17-27)43(39,40)28-18-19-30(41-5)31(21-28)42-6/h10-19,21,29H,7-9,20,22-23H2,1-6H3,(H,34,38)/t29-/m1/s1. The number of ether oxygens (including phenoxy) is 2. The van der Waals surface area contributed by atoms with Gasteiger partial charge in [0.25, 0.3) is 10.0 Å². The molecule has 0 radical (unpaired) electrons. The second-order valence-electron chi connectivity index (χ2n) is 10.4. The van der Waals surface area contributed by atoms with Gasteiger partial charge in [-0.25, -0.2) is 8.42 Å². The van der Waals surface area contributed by atoms with Crippen molar-refractivity contribution in [3.63, 3.8) is 0 Å². The zero-order chi connectivity index (χ0) is 31.6. The van der Waals surface area contributed by atoms with Crippen LogP contribution in [0.4, 0.5) is 5.69 Å². The Labute approximate surface area is 255 Å². The van der Waals surface area contributed by atoms with Gasteiger partial charge in [-0.15, -0.1) is 0 Å². The molecule has 0 saturated carbocycles. The average molecular weight is 610 g/mol. The molecule has 3 rings (SSSR count). The molecule has 0 unspecified atom stereocenters. The van der Waals surface area contributed by atoms with Crippen LogP contribution in [0.15, 0.2) is 71.6 Å². The van der Waals surface area contributed by atoms with Crippen LogP contribution in [0.25, 0.3) is 0 Å². The van der Waals surface area contributed by atoms with Crippen molar-refractivity contribution in [1.82, 2.24) is 10.2 Å². The summed E-state index contributed by atoms with van der Waals surface area (Å²) in [4.78, 5) is 28.9. The molecule has 9 nitrogen and oxygen atoms in total. The van der Waals surface area contributed by atoms with Gasteiger partial charge < -0.3 is 19.7 Å². The maximum atomic E-state index is 14.2. The number of methoxy groups -OCH3 is 2. The molecular weight excluding hydrogens is 566 g/mol. The molecule has 0 aromatic heterocycles. The predicted molar refractivity (Wildman–Crippen MR) is 169 cm³/mol. The first kappa shape index (κ1) is 33.5. The van der Waals surface area contributed by atoms with Crippen LogP contribution in [0.5, 0.6) is 11.5 Å². The smallest absolute Gasteiger partial charge is 0.264 e. The van der Waals surface area contributed by atoms with E-state index in [-0.39, 0.29) is 23.1 Å². The van der Waals surface area contributed by atoms with E-state index in [1.165, 1.54) is 37.3 Å². The largest absolute Gasteiger partial charge is 0.493 e. The van der Waals surface area contributed by atoms with Crippen LogP contribution in [0.3, 0.4) is 0 Å². The van der Waals surface area contributed by atoms with Crippen molar-refractivity contribution >= 4 is 27.5 Å². The predicted octanol–water partition coefficient (Wildman–Crippen LogP) is 5.24. The van der Waals surface area contributed by atoms with Crippen molar-refractivity contribution in [2.45, 2.75) is 64.4 Å². The van der Waals surface area contributed by atoms with Crippen LogP contribution in [0.2, 0.25) is 0 Å². The van der Waals surface area contributed by atoms with E-state index in [0.717, 1.165) is 33.8 Å². The van der Waals surface area contributed by atoms with Crippen LogP contribution in [0.1, 0.15) is 49.8 Å². The third kappa shape index (κ3) is 8.50. The minimum absolute atomic E-state index is 0.0621. The molecule has 232 valence electrons. The average Bonchev–Trinajstić information content (AvgIpc) is 3.00. The summed E-state index contributed by atoms with van der Waals surface area (Å²) < 4.78 is 40.1. The molecule has 0 saturated heterocycles. The number of benzene rings is 3. The molecule has 0 spiro atoms. The van der Waals surface area contributed by atoms with Gasteiger partial charge >= 0.3 is 0 Å². The highest BCUT2D eigenvalue weighted by atomic mass is 32.2. The molecule has 1 atom stereocenters. The first-order chi connectivity index (χ1) is 20.5. The molecule has 3 aromatic carbocycles. The van der Waals surface area contributed by atoms with E-state index in [1.807, 2.05) is 52.0 Å². The lowest BCUT2D eigenvalue weighted by Gasteiger charge is -2.33. The highest BCUT2D eigenvalue weighted by Crippen LogP contribution is 2.32. The lowest BCUT2D eigenvalue weighted by Crippen LogP contribution is -2.52. The van der Waals surface area contributed by atoms with E-state index < -0.39 is 28.5 Å². The van der Waals surface area contributed by atoms with E-state index in [1.54, 1.807) is 24.3 Å². The van der Waals surface area contributed by atoms with Crippen molar-refractivity contribution in [2.24, 2.45) is 0 Å². The molecule has 43 heavy (non-hydrogen) atoms. The number of amides is 2. The van der Waals surface area contributed by atoms with Crippen molar-refractivity contribution in [3.05, 3.63) is 83.4 Å². The van der Waals surface area contributed by atoms with E-state index >= 15 is 0 Å². The van der Waals surface area contributed by atoms with Crippen molar-refractivity contribution < 1.29 is 27.5 Å². The number of rotatable bonds is 15. The van der Waals surface area contributed by atoms with Crippen molar-refractivity contribution in [2.75, 3.05) is 31.6 Å². The summed E-state index contributed by atoms with van der Waals surface area (Å²) in [7, 11) is -1.36. The highest BCUT2D eigenvalue weighted by Gasteiger charge is 2.34. The Balaban J connectivity index is 2.06. The molecule has 0 fully saturated rings.